The molecule has 0 unspecified atom stereocenters. The maximum atomic E-state index is 3.99. The van der Waals surface area contributed by atoms with Crippen LogP contribution in [0.5, 0.6) is 0 Å². The van der Waals surface area contributed by atoms with E-state index in [9.17, 15) is 0 Å². The van der Waals surface area contributed by atoms with Gasteiger partial charge in [0.1, 0.15) is 3.72 Å². The van der Waals surface area contributed by atoms with E-state index in [1.54, 1.807) is 12.4 Å². The molecule has 0 spiro atoms. The van der Waals surface area contributed by atoms with Crippen molar-refractivity contribution < 1.29 is 0 Å². The molecule has 0 fully saturated rings. The summed E-state index contributed by atoms with van der Waals surface area (Å²) in [6.45, 7) is 5.38. The maximum absolute atomic E-state index is 3.99. The molecule has 11 heavy (non-hydrogen) atoms. The molecule has 0 aliphatic heterocycles. The molecule has 0 saturated heterocycles. The van der Waals surface area contributed by atoms with Gasteiger partial charge < -0.3 is 0 Å². The van der Waals surface area contributed by atoms with Crippen LogP contribution in [0.1, 0.15) is 6.92 Å². The minimum Gasteiger partial charge on any atom is -0.268 e. The Morgan fingerprint density at radius 3 is 2.55 bits per heavy atom. The van der Waals surface area contributed by atoms with Crippen molar-refractivity contribution in [3.8, 4) is 0 Å². The highest BCUT2D eigenvalue weighted by atomic mass is 127. The molecule has 0 aromatic heterocycles. The number of rotatable bonds is 3. The molecular weight excluding hydrogens is 366 g/mol. The number of hydrogen-bond acceptors (Lipinski definition) is 2. The molecule has 0 aliphatic carbocycles. The monoisotopic (exact) mass is 374 g/mol. The van der Waals surface area contributed by atoms with Gasteiger partial charge in [0.15, 0.2) is 0 Å². The van der Waals surface area contributed by atoms with Crippen LogP contribution in [0.3, 0.4) is 0 Å². The van der Waals surface area contributed by atoms with E-state index in [4.69, 9.17) is 0 Å². The molecule has 0 aromatic rings. The highest BCUT2D eigenvalue weighted by Crippen LogP contribution is 2.13. The topological polar surface area (TPSA) is 24.7 Å². The third-order valence-electron chi connectivity index (χ3n) is 0.739. The molecule has 4 heteroatoms. The fraction of sp³-hybridized carbons (Fsp3) is 0.143. The Hall–Kier alpha value is 0.280. The Labute approximate surface area is 93.9 Å². The van der Waals surface area contributed by atoms with Crippen molar-refractivity contribution >= 4 is 55.1 Å². The van der Waals surface area contributed by atoms with Crippen LogP contribution in [0.2, 0.25) is 0 Å². The van der Waals surface area contributed by atoms with Crippen molar-refractivity contribution in [1.82, 2.24) is 0 Å². The second kappa shape index (κ2) is 6.96. The summed E-state index contributed by atoms with van der Waals surface area (Å²) in [5.74, 6) is 0. The first-order valence-electron chi connectivity index (χ1n) is 2.90. The molecule has 2 nitrogen and oxygen atoms in total. The fourth-order valence-electron chi connectivity index (χ4n) is 0.335. The molecule has 0 radical (unpaired) electrons. The summed E-state index contributed by atoms with van der Waals surface area (Å²) in [6, 6.07) is 0. The van der Waals surface area contributed by atoms with Gasteiger partial charge in [-0.1, -0.05) is 6.58 Å². The van der Waals surface area contributed by atoms with Gasteiger partial charge in [-0.15, -0.1) is 0 Å². The van der Waals surface area contributed by atoms with Gasteiger partial charge in [-0.2, -0.15) is 0 Å². The summed E-state index contributed by atoms with van der Waals surface area (Å²) in [5.41, 5.74) is 0. The second-order valence-corrected chi connectivity index (χ2v) is 3.67. The summed E-state index contributed by atoms with van der Waals surface area (Å²) in [7, 11) is 0. The van der Waals surface area contributed by atoms with E-state index >= 15 is 0 Å². The Morgan fingerprint density at radius 2 is 2.09 bits per heavy atom. The predicted octanol–water partition coefficient (Wildman–Crippen LogP) is 3.33. The van der Waals surface area contributed by atoms with E-state index in [1.807, 2.05) is 6.92 Å². The van der Waals surface area contributed by atoms with E-state index in [-0.39, 0.29) is 0 Å². The third kappa shape index (κ3) is 5.54. The highest BCUT2D eigenvalue weighted by Gasteiger charge is 1.94. The molecule has 0 bridgehead atoms. The van der Waals surface area contributed by atoms with E-state index in [0.717, 1.165) is 7.30 Å². The first-order chi connectivity index (χ1) is 5.22. The molecule has 0 N–H and O–H groups in total. The van der Waals surface area contributed by atoms with Crippen molar-refractivity contribution in [2.75, 3.05) is 0 Å². The lowest BCUT2D eigenvalue weighted by molar-refractivity contribution is 1.57. The van der Waals surface area contributed by atoms with Crippen LogP contribution in [-0.4, -0.2) is 9.93 Å². The van der Waals surface area contributed by atoms with Crippen LogP contribution in [0.25, 0.3) is 0 Å². The third-order valence-corrected chi connectivity index (χ3v) is 3.42. The average Bonchev–Trinajstić information content (AvgIpc) is 2.00. The predicted molar refractivity (Wildman–Crippen MR) is 67.9 cm³/mol. The van der Waals surface area contributed by atoms with Crippen LogP contribution < -0.4 is 0 Å². The normalized spacial score (nSPS) is 14.1. The molecule has 0 rings (SSSR count). The van der Waals surface area contributed by atoms with Crippen molar-refractivity contribution in [2.24, 2.45) is 9.98 Å². The molecule has 0 heterocycles. The summed E-state index contributed by atoms with van der Waals surface area (Å²) in [5, 5.41) is 0. The smallest absolute Gasteiger partial charge is 0.116 e. The number of aliphatic imine (C=N–C) groups is 2. The van der Waals surface area contributed by atoms with Crippen molar-refractivity contribution in [2.45, 2.75) is 6.92 Å². The Balaban J connectivity index is 4.34. The molecule has 0 atom stereocenters. The molecule has 0 aromatic carbocycles. The Kier molecular flexibility index (Phi) is 7.13. The van der Waals surface area contributed by atoms with E-state index in [0.29, 0.717) is 0 Å². The van der Waals surface area contributed by atoms with E-state index in [2.05, 4.69) is 61.7 Å². The van der Waals surface area contributed by atoms with Crippen LogP contribution in [0, 0.1) is 0 Å². The quantitative estimate of drug-likeness (QED) is 0.535. The Bertz CT molecular complexity index is 216. The zero-order valence-corrected chi connectivity index (χ0v) is 10.4. The molecule has 0 aliphatic rings. The lowest BCUT2D eigenvalue weighted by Gasteiger charge is -1.90. The van der Waals surface area contributed by atoms with Crippen LogP contribution in [-0.2, 0) is 0 Å². The van der Waals surface area contributed by atoms with Gasteiger partial charge >= 0.3 is 0 Å². The fourth-order valence-corrected chi connectivity index (χ4v) is 0.971. The maximum Gasteiger partial charge on any atom is 0.116 e. The van der Waals surface area contributed by atoms with Gasteiger partial charge in [-0.3, -0.25) is 4.99 Å². The number of halogens is 2. The second-order valence-electron chi connectivity index (χ2n) is 1.49. The van der Waals surface area contributed by atoms with Crippen molar-refractivity contribution in [3.63, 3.8) is 0 Å². The van der Waals surface area contributed by atoms with Gasteiger partial charge in [0.2, 0.25) is 0 Å². The number of allylic oxidation sites excluding steroid dienone is 1. The average molecular weight is 374 g/mol. The van der Waals surface area contributed by atoms with Gasteiger partial charge in [-0.25, -0.2) is 4.99 Å². The largest absolute Gasteiger partial charge is 0.268 e. The van der Waals surface area contributed by atoms with Gasteiger partial charge in [0.05, 0.1) is 3.58 Å². The molecular formula is C7H8I2N2. The highest BCUT2D eigenvalue weighted by molar-refractivity contribution is 14.1. The molecule has 0 amide bonds. The number of nitrogens with zero attached hydrogens (tertiary/aromatic N) is 2. The minimum atomic E-state index is 0.906. The summed E-state index contributed by atoms with van der Waals surface area (Å²) < 4.78 is 1.92. The van der Waals surface area contributed by atoms with Crippen LogP contribution in [0.4, 0.5) is 0 Å². The first kappa shape index (κ1) is 11.3. The van der Waals surface area contributed by atoms with Crippen LogP contribution >= 0.6 is 45.2 Å². The summed E-state index contributed by atoms with van der Waals surface area (Å²) in [4.78, 5) is 7.96. The van der Waals surface area contributed by atoms with Gasteiger partial charge in [-0.05, 0) is 52.1 Å². The van der Waals surface area contributed by atoms with Crippen molar-refractivity contribution in [1.29, 1.82) is 0 Å². The lowest BCUT2D eigenvalue weighted by Crippen LogP contribution is -1.82. The van der Waals surface area contributed by atoms with Gasteiger partial charge in [0, 0.05) is 18.6 Å². The standard InChI is InChI=1S/C7H8I2N2/c1-3-10-5-6(8)7(9)11-4-2/h3-5H,2H2,1H3/b6-5+,10-3+,11-7+. The van der Waals surface area contributed by atoms with E-state index < -0.39 is 0 Å². The zero-order chi connectivity index (χ0) is 8.69. The number of hydrogen-bond donors (Lipinski definition) is 0. The lowest BCUT2D eigenvalue weighted by atomic mass is 10.6. The first-order valence-corrected chi connectivity index (χ1v) is 5.06. The van der Waals surface area contributed by atoms with Crippen LogP contribution in [0.15, 0.2) is 32.5 Å². The zero-order valence-electron chi connectivity index (χ0n) is 6.09. The summed E-state index contributed by atoms with van der Waals surface area (Å²) in [6.07, 6.45) is 5.01. The molecule has 60 valence electrons. The SMILES string of the molecule is C=C\N=C(I)/C(I)=C\N=C\C. The van der Waals surface area contributed by atoms with Crippen molar-refractivity contribution in [3.05, 3.63) is 22.6 Å². The Morgan fingerprint density at radius 1 is 1.45 bits per heavy atom. The van der Waals surface area contributed by atoms with E-state index in [1.165, 1.54) is 6.20 Å². The summed E-state index contributed by atoms with van der Waals surface area (Å²) >= 11 is 4.31. The van der Waals surface area contributed by atoms with Gasteiger partial charge in [0.25, 0.3) is 0 Å². The minimum absolute atomic E-state index is 0.906. The molecule has 0 saturated carbocycles.